The number of nitrogens with one attached hydrogen (secondary N) is 2. The largest absolute Gasteiger partial charge is 0.497 e. The zero-order chi connectivity index (χ0) is 18.1. The molecule has 0 saturated heterocycles. The summed E-state index contributed by atoms with van der Waals surface area (Å²) in [5, 5.41) is 5.93. The summed E-state index contributed by atoms with van der Waals surface area (Å²) in [7, 11) is 1.62. The summed E-state index contributed by atoms with van der Waals surface area (Å²) in [5.41, 5.74) is 1.61. The Bertz CT molecular complexity index is 652. The zero-order valence-electron chi connectivity index (χ0n) is 15.0. The topological polar surface area (TPSA) is 59.6 Å². The number of rotatable bonds is 9. The smallest absolute Gasteiger partial charge is 0.243 e. The van der Waals surface area contributed by atoms with E-state index in [1.165, 1.54) is 0 Å². The zero-order valence-corrected chi connectivity index (χ0v) is 15.0. The lowest BCUT2D eigenvalue weighted by molar-refractivity contribution is -0.114. The minimum absolute atomic E-state index is 0.107. The molecule has 0 radical (unpaired) electrons. The van der Waals surface area contributed by atoms with E-state index in [1.54, 1.807) is 7.11 Å². The Balaban J connectivity index is 1.75. The molecule has 0 bridgehead atoms. The van der Waals surface area contributed by atoms with Gasteiger partial charge in [0, 0.05) is 11.4 Å². The van der Waals surface area contributed by atoms with Gasteiger partial charge in [-0.25, -0.2) is 0 Å². The number of ether oxygens (including phenoxy) is 2. The number of carbonyl (C=O) groups excluding carboxylic acids is 1. The van der Waals surface area contributed by atoms with Crippen LogP contribution in [0.3, 0.4) is 0 Å². The summed E-state index contributed by atoms with van der Waals surface area (Å²) in [4.78, 5) is 12.0. The number of methoxy groups -OCH3 is 1. The minimum Gasteiger partial charge on any atom is -0.497 e. The monoisotopic (exact) mass is 342 g/mol. The van der Waals surface area contributed by atoms with Crippen LogP contribution in [0.4, 0.5) is 11.4 Å². The lowest BCUT2D eigenvalue weighted by Gasteiger charge is -2.10. The van der Waals surface area contributed by atoms with Crippen molar-refractivity contribution < 1.29 is 14.3 Å². The van der Waals surface area contributed by atoms with Gasteiger partial charge in [0.2, 0.25) is 5.91 Å². The molecule has 0 aromatic heterocycles. The highest BCUT2D eigenvalue weighted by Crippen LogP contribution is 2.17. The molecule has 0 atom stereocenters. The molecule has 5 heteroatoms. The molecule has 2 N–H and O–H groups in total. The van der Waals surface area contributed by atoms with Gasteiger partial charge >= 0.3 is 0 Å². The predicted molar refractivity (Wildman–Crippen MR) is 102 cm³/mol. The van der Waals surface area contributed by atoms with Crippen LogP contribution < -0.4 is 20.1 Å². The molecule has 2 aromatic carbocycles. The van der Waals surface area contributed by atoms with E-state index in [4.69, 9.17) is 9.47 Å². The van der Waals surface area contributed by atoms with Crippen LogP contribution in [0.1, 0.15) is 20.3 Å². The number of benzene rings is 2. The molecule has 134 valence electrons. The molecule has 0 fully saturated rings. The van der Waals surface area contributed by atoms with Crippen molar-refractivity contribution in [3.05, 3.63) is 48.5 Å². The van der Waals surface area contributed by atoms with Gasteiger partial charge in [-0.2, -0.15) is 0 Å². The predicted octanol–water partition coefficient (Wildman–Crippen LogP) is 4.17. The maximum Gasteiger partial charge on any atom is 0.243 e. The van der Waals surface area contributed by atoms with Crippen LogP contribution >= 0.6 is 0 Å². The first-order chi connectivity index (χ1) is 12.1. The van der Waals surface area contributed by atoms with Crippen molar-refractivity contribution in [2.75, 3.05) is 30.9 Å². The van der Waals surface area contributed by atoms with Gasteiger partial charge in [0.05, 0.1) is 20.3 Å². The third-order valence-electron chi connectivity index (χ3n) is 3.65. The van der Waals surface area contributed by atoms with Gasteiger partial charge in [0.1, 0.15) is 11.5 Å². The Hall–Kier alpha value is -2.69. The Morgan fingerprint density at radius 3 is 2.16 bits per heavy atom. The van der Waals surface area contributed by atoms with E-state index in [2.05, 4.69) is 24.5 Å². The normalized spacial score (nSPS) is 10.4. The lowest BCUT2D eigenvalue weighted by atomic mass is 10.1. The van der Waals surface area contributed by atoms with Crippen LogP contribution in [-0.4, -0.2) is 26.2 Å². The van der Waals surface area contributed by atoms with Crippen LogP contribution in [0.5, 0.6) is 11.5 Å². The summed E-state index contributed by atoms with van der Waals surface area (Å²) >= 11 is 0. The van der Waals surface area contributed by atoms with Gasteiger partial charge in [-0.05, 0) is 60.9 Å². The molecule has 5 nitrogen and oxygen atoms in total. The number of carbonyl (C=O) groups is 1. The molecule has 0 aliphatic carbocycles. The molecular formula is C20H26N2O3. The lowest BCUT2D eigenvalue weighted by Crippen LogP contribution is -2.21. The highest BCUT2D eigenvalue weighted by Gasteiger charge is 2.03. The van der Waals surface area contributed by atoms with Gasteiger partial charge in [0.25, 0.3) is 0 Å². The second-order valence-corrected chi connectivity index (χ2v) is 6.19. The fourth-order valence-corrected chi connectivity index (χ4v) is 2.14. The standard InChI is InChI=1S/C20H26N2O3/c1-15(2)12-13-25-19-10-6-17(7-11-19)22-20(23)14-21-16-4-8-18(24-3)9-5-16/h4-11,15,21H,12-14H2,1-3H3,(H,22,23). The molecule has 25 heavy (non-hydrogen) atoms. The van der Waals surface area contributed by atoms with E-state index < -0.39 is 0 Å². The van der Waals surface area contributed by atoms with E-state index in [1.807, 2.05) is 48.5 Å². The molecule has 0 spiro atoms. The first-order valence-corrected chi connectivity index (χ1v) is 8.47. The van der Waals surface area contributed by atoms with E-state index in [0.29, 0.717) is 12.5 Å². The van der Waals surface area contributed by atoms with Crippen molar-refractivity contribution >= 4 is 17.3 Å². The van der Waals surface area contributed by atoms with Crippen molar-refractivity contribution in [1.29, 1.82) is 0 Å². The number of anilines is 2. The van der Waals surface area contributed by atoms with Gasteiger partial charge < -0.3 is 20.1 Å². The highest BCUT2D eigenvalue weighted by atomic mass is 16.5. The summed E-state index contributed by atoms with van der Waals surface area (Å²) < 4.78 is 10.8. The third-order valence-corrected chi connectivity index (χ3v) is 3.65. The Kier molecular flexibility index (Phi) is 7.14. The minimum atomic E-state index is -0.107. The summed E-state index contributed by atoms with van der Waals surface area (Å²) in [5.74, 6) is 2.11. The van der Waals surface area contributed by atoms with Crippen molar-refractivity contribution in [2.24, 2.45) is 5.92 Å². The molecule has 0 unspecified atom stereocenters. The number of hydrogen-bond donors (Lipinski definition) is 2. The van der Waals surface area contributed by atoms with E-state index in [0.717, 1.165) is 29.3 Å². The molecule has 0 aliphatic rings. The van der Waals surface area contributed by atoms with Crippen LogP contribution in [0.25, 0.3) is 0 Å². The van der Waals surface area contributed by atoms with E-state index in [9.17, 15) is 4.79 Å². The molecule has 0 aliphatic heterocycles. The molecule has 1 amide bonds. The van der Waals surface area contributed by atoms with Crippen molar-refractivity contribution in [2.45, 2.75) is 20.3 Å². The second-order valence-electron chi connectivity index (χ2n) is 6.19. The Morgan fingerprint density at radius 2 is 1.56 bits per heavy atom. The van der Waals surface area contributed by atoms with Crippen LogP contribution in [0.15, 0.2) is 48.5 Å². The number of amides is 1. The summed E-state index contributed by atoms with van der Waals surface area (Å²) in [6.45, 7) is 5.23. The van der Waals surface area contributed by atoms with Gasteiger partial charge in [-0.1, -0.05) is 13.8 Å². The first kappa shape index (κ1) is 18.6. The van der Waals surface area contributed by atoms with Gasteiger partial charge in [0.15, 0.2) is 0 Å². The van der Waals surface area contributed by atoms with Gasteiger partial charge in [-0.3, -0.25) is 4.79 Å². The molecule has 2 rings (SSSR count). The van der Waals surface area contributed by atoms with E-state index >= 15 is 0 Å². The maximum absolute atomic E-state index is 12.0. The summed E-state index contributed by atoms with van der Waals surface area (Å²) in [6, 6.07) is 14.9. The highest BCUT2D eigenvalue weighted by molar-refractivity contribution is 5.93. The quantitative estimate of drug-likeness (QED) is 0.718. The Labute approximate surface area is 149 Å². The summed E-state index contributed by atoms with van der Waals surface area (Å²) in [6.07, 6.45) is 1.02. The molecule has 2 aromatic rings. The van der Waals surface area contributed by atoms with Crippen LogP contribution in [0, 0.1) is 5.92 Å². The fraction of sp³-hybridized carbons (Fsp3) is 0.350. The fourth-order valence-electron chi connectivity index (χ4n) is 2.14. The molecular weight excluding hydrogens is 316 g/mol. The average Bonchev–Trinajstić information content (AvgIpc) is 2.61. The van der Waals surface area contributed by atoms with Crippen LogP contribution in [-0.2, 0) is 4.79 Å². The number of hydrogen-bond acceptors (Lipinski definition) is 4. The maximum atomic E-state index is 12.0. The Morgan fingerprint density at radius 1 is 0.960 bits per heavy atom. The average molecular weight is 342 g/mol. The SMILES string of the molecule is COc1ccc(NCC(=O)Nc2ccc(OCCC(C)C)cc2)cc1. The molecule has 0 saturated carbocycles. The van der Waals surface area contributed by atoms with Crippen molar-refractivity contribution in [1.82, 2.24) is 0 Å². The second kappa shape index (κ2) is 9.57. The first-order valence-electron chi connectivity index (χ1n) is 8.47. The van der Waals surface area contributed by atoms with E-state index in [-0.39, 0.29) is 12.5 Å². The third kappa shape index (κ3) is 6.75. The van der Waals surface area contributed by atoms with Crippen molar-refractivity contribution in [3.8, 4) is 11.5 Å². The van der Waals surface area contributed by atoms with Gasteiger partial charge in [-0.15, -0.1) is 0 Å². The van der Waals surface area contributed by atoms with Crippen molar-refractivity contribution in [3.63, 3.8) is 0 Å². The molecule has 0 heterocycles. The van der Waals surface area contributed by atoms with Crippen LogP contribution in [0.2, 0.25) is 0 Å².